The minimum absolute atomic E-state index is 0.187. The van der Waals surface area contributed by atoms with Crippen LogP contribution in [0.3, 0.4) is 0 Å². The summed E-state index contributed by atoms with van der Waals surface area (Å²) in [6, 6.07) is 12.5. The fraction of sp³-hybridized carbons (Fsp3) is 0.222. The number of anilines is 2. The van der Waals surface area contributed by atoms with E-state index in [4.69, 9.17) is 0 Å². The monoisotopic (exact) mass is 329 g/mol. The fourth-order valence-corrected chi connectivity index (χ4v) is 2.05. The Hall–Kier alpha value is -2.89. The Balaban J connectivity index is 1.81. The van der Waals surface area contributed by atoms with Crippen LogP contribution in [0.5, 0.6) is 0 Å². The van der Waals surface area contributed by atoms with Gasteiger partial charge < -0.3 is 16.0 Å². The second-order valence-electron chi connectivity index (χ2n) is 5.64. The zero-order valence-electron chi connectivity index (χ0n) is 13.6. The molecule has 3 N–H and O–H groups in total. The molecule has 2 aromatic rings. The molecule has 126 valence electrons. The van der Waals surface area contributed by atoms with Crippen LogP contribution in [0.2, 0.25) is 0 Å². The largest absolute Gasteiger partial charge is 0.329 e. The van der Waals surface area contributed by atoms with Gasteiger partial charge in [0.1, 0.15) is 5.82 Å². The van der Waals surface area contributed by atoms with Crippen LogP contribution in [0.1, 0.15) is 25.3 Å². The van der Waals surface area contributed by atoms with Crippen molar-refractivity contribution in [1.82, 2.24) is 5.32 Å². The van der Waals surface area contributed by atoms with E-state index in [1.807, 2.05) is 18.2 Å². The van der Waals surface area contributed by atoms with Gasteiger partial charge in [0.05, 0.1) is 6.54 Å². The van der Waals surface area contributed by atoms with Gasteiger partial charge in [-0.25, -0.2) is 9.18 Å². The summed E-state index contributed by atoms with van der Waals surface area (Å²) in [5, 5.41) is 7.72. The standard InChI is InChI=1S/C18H20FN3O2/c1-12(2)13-4-3-5-16(10-13)22-18(24)20-11-17(23)21-15-8-6-14(19)7-9-15/h3-10,12H,11H2,1-2H3,(H,21,23)(H2,20,22,24). The number of hydrogen-bond donors (Lipinski definition) is 3. The van der Waals surface area contributed by atoms with E-state index in [-0.39, 0.29) is 12.4 Å². The third kappa shape index (κ3) is 5.39. The molecule has 0 saturated carbocycles. The number of urea groups is 1. The number of carbonyl (C=O) groups is 2. The topological polar surface area (TPSA) is 70.2 Å². The number of benzene rings is 2. The Morgan fingerprint density at radius 1 is 1.00 bits per heavy atom. The summed E-state index contributed by atoms with van der Waals surface area (Å²) in [7, 11) is 0. The van der Waals surface area contributed by atoms with Crippen LogP contribution in [-0.2, 0) is 4.79 Å². The highest BCUT2D eigenvalue weighted by atomic mass is 19.1. The van der Waals surface area contributed by atoms with Crippen LogP contribution in [0.4, 0.5) is 20.6 Å². The van der Waals surface area contributed by atoms with Gasteiger partial charge in [0.15, 0.2) is 0 Å². The van der Waals surface area contributed by atoms with Crippen molar-refractivity contribution in [1.29, 1.82) is 0 Å². The van der Waals surface area contributed by atoms with E-state index in [2.05, 4.69) is 29.8 Å². The van der Waals surface area contributed by atoms with E-state index in [9.17, 15) is 14.0 Å². The van der Waals surface area contributed by atoms with Crippen molar-refractivity contribution >= 4 is 23.3 Å². The summed E-state index contributed by atoms with van der Waals surface area (Å²) < 4.78 is 12.8. The first-order chi connectivity index (χ1) is 11.4. The molecular weight excluding hydrogens is 309 g/mol. The maximum Gasteiger partial charge on any atom is 0.319 e. The lowest BCUT2D eigenvalue weighted by Crippen LogP contribution is -2.35. The minimum Gasteiger partial charge on any atom is -0.329 e. The molecule has 0 heterocycles. The van der Waals surface area contributed by atoms with Gasteiger partial charge in [0.25, 0.3) is 0 Å². The average molecular weight is 329 g/mol. The highest BCUT2D eigenvalue weighted by Crippen LogP contribution is 2.18. The molecule has 0 aromatic heterocycles. The van der Waals surface area contributed by atoms with Gasteiger partial charge in [-0.3, -0.25) is 4.79 Å². The van der Waals surface area contributed by atoms with E-state index < -0.39 is 11.9 Å². The van der Waals surface area contributed by atoms with Gasteiger partial charge in [-0.05, 0) is 47.9 Å². The first kappa shape index (κ1) is 17.5. The van der Waals surface area contributed by atoms with Crippen LogP contribution in [0.25, 0.3) is 0 Å². The molecule has 6 heteroatoms. The summed E-state index contributed by atoms with van der Waals surface area (Å²) in [6.07, 6.45) is 0. The lowest BCUT2D eigenvalue weighted by molar-refractivity contribution is -0.115. The highest BCUT2D eigenvalue weighted by Gasteiger charge is 2.07. The predicted molar refractivity (Wildman–Crippen MR) is 92.6 cm³/mol. The number of nitrogens with one attached hydrogen (secondary N) is 3. The molecule has 0 saturated heterocycles. The maximum absolute atomic E-state index is 12.8. The lowest BCUT2D eigenvalue weighted by atomic mass is 10.0. The van der Waals surface area contributed by atoms with Crippen LogP contribution < -0.4 is 16.0 Å². The van der Waals surface area contributed by atoms with Crippen molar-refractivity contribution in [3.05, 3.63) is 59.9 Å². The Kier molecular flexibility index (Phi) is 5.89. The van der Waals surface area contributed by atoms with E-state index in [1.165, 1.54) is 24.3 Å². The molecule has 0 unspecified atom stereocenters. The number of hydrogen-bond acceptors (Lipinski definition) is 2. The maximum atomic E-state index is 12.8. The molecule has 0 fully saturated rings. The molecule has 0 spiro atoms. The second-order valence-corrected chi connectivity index (χ2v) is 5.64. The van der Waals surface area contributed by atoms with Gasteiger partial charge in [-0.2, -0.15) is 0 Å². The van der Waals surface area contributed by atoms with Crippen molar-refractivity contribution in [2.75, 3.05) is 17.2 Å². The van der Waals surface area contributed by atoms with E-state index in [0.29, 0.717) is 17.3 Å². The van der Waals surface area contributed by atoms with Crippen molar-refractivity contribution < 1.29 is 14.0 Å². The molecule has 0 bridgehead atoms. The first-order valence-electron chi connectivity index (χ1n) is 7.64. The van der Waals surface area contributed by atoms with Gasteiger partial charge in [0.2, 0.25) is 5.91 Å². The number of amides is 3. The quantitative estimate of drug-likeness (QED) is 0.782. The molecule has 0 aliphatic rings. The number of carbonyl (C=O) groups excluding carboxylic acids is 2. The SMILES string of the molecule is CC(C)c1cccc(NC(=O)NCC(=O)Nc2ccc(F)cc2)c1. The Morgan fingerprint density at radius 3 is 2.38 bits per heavy atom. The van der Waals surface area contributed by atoms with Crippen molar-refractivity contribution in [3.63, 3.8) is 0 Å². The zero-order chi connectivity index (χ0) is 17.5. The highest BCUT2D eigenvalue weighted by molar-refractivity contribution is 5.96. The van der Waals surface area contributed by atoms with Gasteiger partial charge in [-0.15, -0.1) is 0 Å². The Labute approximate surface area is 140 Å². The molecular formula is C18H20FN3O2. The first-order valence-corrected chi connectivity index (χ1v) is 7.64. The molecule has 2 aromatic carbocycles. The number of rotatable bonds is 5. The van der Waals surface area contributed by atoms with Gasteiger partial charge >= 0.3 is 6.03 Å². The summed E-state index contributed by atoms with van der Waals surface area (Å²) in [4.78, 5) is 23.6. The second kappa shape index (κ2) is 8.10. The summed E-state index contributed by atoms with van der Waals surface area (Å²) in [5.74, 6) is -0.418. The molecule has 0 aliphatic heterocycles. The molecule has 24 heavy (non-hydrogen) atoms. The summed E-state index contributed by atoms with van der Waals surface area (Å²) in [6.45, 7) is 3.95. The smallest absolute Gasteiger partial charge is 0.319 e. The zero-order valence-corrected chi connectivity index (χ0v) is 13.6. The molecule has 2 rings (SSSR count). The number of halogens is 1. The van der Waals surface area contributed by atoms with Crippen molar-refractivity contribution in [2.45, 2.75) is 19.8 Å². The van der Waals surface area contributed by atoms with E-state index >= 15 is 0 Å². The third-order valence-corrected chi connectivity index (χ3v) is 3.35. The molecule has 5 nitrogen and oxygen atoms in total. The summed E-state index contributed by atoms with van der Waals surface area (Å²) >= 11 is 0. The molecule has 0 radical (unpaired) electrons. The Morgan fingerprint density at radius 2 is 1.71 bits per heavy atom. The summed E-state index contributed by atoms with van der Waals surface area (Å²) in [5.41, 5.74) is 2.24. The van der Waals surface area contributed by atoms with Crippen LogP contribution in [-0.4, -0.2) is 18.5 Å². The van der Waals surface area contributed by atoms with Crippen LogP contribution in [0.15, 0.2) is 48.5 Å². The van der Waals surface area contributed by atoms with Gasteiger partial charge in [-0.1, -0.05) is 26.0 Å². The van der Waals surface area contributed by atoms with E-state index in [0.717, 1.165) is 5.56 Å². The molecule has 0 aliphatic carbocycles. The lowest BCUT2D eigenvalue weighted by Gasteiger charge is -2.11. The van der Waals surface area contributed by atoms with Gasteiger partial charge in [0, 0.05) is 11.4 Å². The minimum atomic E-state index is -0.467. The fourth-order valence-electron chi connectivity index (χ4n) is 2.05. The molecule has 0 atom stereocenters. The molecule has 3 amide bonds. The predicted octanol–water partition coefficient (Wildman–Crippen LogP) is 3.71. The van der Waals surface area contributed by atoms with Crippen molar-refractivity contribution in [3.8, 4) is 0 Å². The van der Waals surface area contributed by atoms with E-state index in [1.54, 1.807) is 6.07 Å². The van der Waals surface area contributed by atoms with Crippen LogP contribution >= 0.6 is 0 Å². The Bertz CT molecular complexity index is 714. The third-order valence-electron chi connectivity index (χ3n) is 3.35. The van der Waals surface area contributed by atoms with Crippen LogP contribution in [0, 0.1) is 5.82 Å². The van der Waals surface area contributed by atoms with Crippen molar-refractivity contribution in [2.24, 2.45) is 0 Å². The average Bonchev–Trinajstić information content (AvgIpc) is 2.55. The normalized spacial score (nSPS) is 10.3.